The van der Waals surface area contributed by atoms with Crippen molar-refractivity contribution in [3.05, 3.63) is 40.5 Å². The summed E-state index contributed by atoms with van der Waals surface area (Å²) < 4.78 is 11.5. The number of rotatable bonds is 4. The second kappa shape index (κ2) is 5.76. The molecule has 0 unspecified atom stereocenters. The van der Waals surface area contributed by atoms with Crippen LogP contribution >= 0.6 is 27.7 Å². The van der Waals surface area contributed by atoms with Crippen LogP contribution < -0.4 is 0 Å². The molecule has 6 nitrogen and oxygen atoms in total. The standard InChI is InChI=1S/C12H9BrN4O2S/c1-7-14-10(19-17-7)6-20-12-16-15-11(18-12)8-4-2-3-5-9(8)13/h2-5H,6H2,1H3. The number of nitrogens with zero attached hydrogens (tertiary/aromatic N) is 4. The van der Waals surface area contributed by atoms with Gasteiger partial charge >= 0.3 is 0 Å². The molecule has 102 valence electrons. The quantitative estimate of drug-likeness (QED) is 0.665. The van der Waals surface area contributed by atoms with Gasteiger partial charge in [0.15, 0.2) is 5.82 Å². The van der Waals surface area contributed by atoms with E-state index in [9.17, 15) is 0 Å². The van der Waals surface area contributed by atoms with Crippen LogP contribution in [0.15, 0.2) is 42.9 Å². The van der Waals surface area contributed by atoms with Crippen molar-refractivity contribution < 1.29 is 8.94 Å². The highest BCUT2D eigenvalue weighted by Gasteiger charge is 2.13. The van der Waals surface area contributed by atoms with E-state index < -0.39 is 0 Å². The summed E-state index contributed by atoms with van der Waals surface area (Å²) in [6.07, 6.45) is 0. The molecule has 0 fully saturated rings. The van der Waals surface area contributed by atoms with Crippen molar-refractivity contribution in [2.75, 3.05) is 0 Å². The minimum absolute atomic E-state index is 0.464. The zero-order valence-electron chi connectivity index (χ0n) is 10.4. The fourth-order valence-corrected chi connectivity index (χ4v) is 2.59. The summed E-state index contributed by atoms with van der Waals surface area (Å²) in [7, 11) is 0. The SMILES string of the molecule is Cc1noc(CSc2nnc(-c3ccccc3Br)o2)n1. The molecule has 0 atom stereocenters. The Kier molecular flexibility index (Phi) is 3.83. The van der Waals surface area contributed by atoms with Gasteiger partial charge in [0.2, 0.25) is 11.8 Å². The summed E-state index contributed by atoms with van der Waals surface area (Å²) in [6.45, 7) is 1.77. The molecule has 3 aromatic rings. The summed E-state index contributed by atoms with van der Waals surface area (Å²) in [5.74, 6) is 2.12. The minimum Gasteiger partial charge on any atom is -0.411 e. The first-order valence-electron chi connectivity index (χ1n) is 5.73. The monoisotopic (exact) mass is 352 g/mol. The van der Waals surface area contributed by atoms with E-state index in [2.05, 4.69) is 36.3 Å². The molecule has 0 aliphatic rings. The molecule has 0 spiro atoms. The predicted octanol–water partition coefficient (Wildman–Crippen LogP) is 3.48. The van der Waals surface area contributed by atoms with Crippen LogP contribution in [0.4, 0.5) is 0 Å². The molecule has 3 rings (SSSR count). The fraction of sp³-hybridized carbons (Fsp3) is 0.167. The van der Waals surface area contributed by atoms with Gasteiger partial charge in [0.05, 0.1) is 11.3 Å². The third-order valence-electron chi connectivity index (χ3n) is 2.40. The lowest BCUT2D eigenvalue weighted by Gasteiger charge is -1.96. The van der Waals surface area contributed by atoms with Crippen LogP contribution in [0.1, 0.15) is 11.7 Å². The zero-order valence-corrected chi connectivity index (χ0v) is 12.8. The Morgan fingerprint density at radius 2 is 2.10 bits per heavy atom. The van der Waals surface area contributed by atoms with E-state index in [4.69, 9.17) is 8.94 Å². The van der Waals surface area contributed by atoms with Gasteiger partial charge < -0.3 is 8.94 Å². The Labute approximate surface area is 127 Å². The third kappa shape index (κ3) is 2.91. The van der Waals surface area contributed by atoms with Gasteiger partial charge in [-0.05, 0) is 35.0 Å². The Balaban J connectivity index is 1.72. The van der Waals surface area contributed by atoms with E-state index in [1.165, 1.54) is 11.8 Å². The Bertz CT molecular complexity index is 728. The third-order valence-corrected chi connectivity index (χ3v) is 3.89. The summed E-state index contributed by atoms with van der Waals surface area (Å²) in [4.78, 5) is 4.11. The summed E-state index contributed by atoms with van der Waals surface area (Å²) in [5, 5.41) is 12.2. The second-order valence-electron chi connectivity index (χ2n) is 3.88. The first kappa shape index (κ1) is 13.3. The molecule has 2 heterocycles. The van der Waals surface area contributed by atoms with Crippen LogP contribution in [0.2, 0.25) is 0 Å². The number of thioether (sulfide) groups is 1. The molecular formula is C12H9BrN4O2S. The van der Waals surface area contributed by atoms with Gasteiger partial charge in [-0.1, -0.05) is 29.1 Å². The number of benzene rings is 1. The molecule has 1 aromatic carbocycles. The van der Waals surface area contributed by atoms with E-state index in [-0.39, 0.29) is 0 Å². The summed E-state index contributed by atoms with van der Waals surface area (Å²) >= 11 is 4.81. The minimum atomic E-state index is 0.464. The van der Waals surface area contributed by atoms with Crippen LogP contribution in [0.3, 0.4) is 0 Å². The maximum Gasteiger partial charge on any atom is 0.277 e. The molecule has 0 bridgehead atoms. The molecule has 0 aliphatic heterocycles. The van der Waals surface area contributed by atoms with E-state index in [1.807, 2.05) is 24.3 Å². The lowest BCUT2D eigenvalue weighted by atomic mass is 10.2. The number of hydrogen-bond acceptors (Lipinski definition) is 7. The topological polar surface area (TPSA) is 77.8 Å². The number of aryl methyl sites for hydroxylation is 1. The van der Waals surface area contributed by atoms with Crippen molar-refractivity contribution in [3.63, 3.8) is 0 Å². The first-order chi connectivity index (χ1) is 9.72. The van der Waals surface area contributed by atoms with Gasteiger partial charge in [-0.25, -0.2) is 0 Å². The highest BCUT2D eigenvalue weighted by molar-refractivity contribution is 9.10. The van der Waals surface area contributed by atoms with Gasteiger partial charge in [0.25, 0.3) is 5.22 Å². The molecule has 20 heavy (non-hydrogen) atoms. The highest BCUT2D eigenvalue weighted by atomic mass is 79.9. The van der Waals surface area contributed by atoms with Gasteiger partial charge in [-0.15, -0.1) is 10.2 Å². The molecule has 0 N–H and O–H groups in total. The Hall–Kier alpha value is -1.67. The second-order valence-corrected chi connectivity index (χ2v) is 5.66. The number of hydrogen-bond donors (Lipinski definition) is 0. The smallest absolute Gasteiger partial charge is 0.277 e. The number of aromatic nitrogens is 4. The van der Waals surface area contributed by atoms with Crippen molar-refractivity contribution in [1.29, 1.82) is 0 Å². The van der Waals surface area contributed by atoms with E-state index in [0.29, 0.717) is 28.6 Å². The van der Waals surface area contributed by atoms with Gasteiger partial charge in [0.1, 0.15) is 0 Å². The summed E-state index contributed by atoms with van der Waals surface area (Å²) in [5.41, 5.74) is 0.862. The molecule has 0 aliphatic carbocycles. The van der Waals surface area contributed by atoms with Crippen molar-refractivity contribution in [1.82, 2.24) is 20.3 Å². The van der Waals surface area contributed by atoms with E-state index in [1.54, 1.807) is 6.92 Å². The van der Waals surface area contributed by atoms with Crippen LogP contribution in [-0.2, 0) is 5.75 Å². The Morgan fingerprint density at radius 3 is 2.85 bits per heavy atom. The van der Waals surface area contributed by atoms with Crippen LogP contribution in [-0.4, -0.2) is 20.3 Å². The number of halogens is 1. The van der Waals surface area contributed by atoms with Gasteiger partial charge in [0, 0.05) is 4.47 Å². The first-order valence-corrected chi connectivity index (χ1v) is 7.50. The van der Waals surface area contributed by atoms with Crippen molar-refractivity contribution in [2.24, 2.45) is 0 Å². The summed E-state index contributed by atoms with van der Waals surface area (Å²) in [6, 6.07) is 7.68. The molecule has 0 saturated heterocycles. The molecule has 0 amide bonds. The predicted molar refractivity (Wildman–Crippen MR) is 76.0 cm³/mol. The lowest BCUT2D eigenvalue weighted by Crippen LogP contribution is -1.80. The van der Waals surface area contributed by atoms with E-state index in [0.717, 1.165) is 10.0 Å². The fourth-order valence-electron chi connectivity index (χ4n) is 1.53. The lowest BCUT2D eigenvalue weighted by molar-refractivity contribution is 0.386. The van der Waals surface area contributed by atoms with Crippen LogP contribution in [0.5, 0.6) is 0 Å². The molecule has 8 heteroatoms. The Morgan fingerprint density at radius 1 is 1.25 bits per heavy atom. The zero-order chi connectivity index (χ0) is 13.9. The van der Waals surface area contributed by atoms with Crippen LogP contribution in [0, 0.1) is 6.92 Å². The normalized spacial score (nSPS) is 10.9. The van der Waals surface area contributed by atoms with Crippen molar-refractivity contribution in [3.8, 4) is 11.5 Å². The van der Waals surface area contributed by atoms with E-state index >= 15 is 0 Å². The van der Waals surface area contributed by atoms with Crippen molar-refractivity contribution >= 4 is 27.7 Å². The molecule has 0 radical (unpaired) electrons. The highest BCUT2D eigenvalue weighted by Crippen LogP contribution is 2.29. The maximum atomic E-state index is 5.60. The molecule has 0 saturated carbocycles. The van der Waals surface area contributed by atoms with Gasteiger partial charge in [-0.3, -0.25) is 0 Å². The van der Waals surface area contributed by atoms with Gasteiger partial charge in [-0.2, -0.15) is 4.98 Å². The average Bonchev–Trinajstić information content (AvgIpc) is 3.06. The van der Waals surface area contributed by atoms with Crippen molar-refractivity contribution in [2.45, 2.75) is 17.9 Å². The molecular weight excluding hydrogens is 344 g/mol. The molecule has 2 aromatic heterocycles. The largest absolute Gasteiger partial charge is 0.411 e. The average molecular weight is 353 g/mol. The van der Waals surface area contributed by atoms with Crippen LogP contribution in [0.25, 0.3) is 11.5 Å². The maximum absolute atomic E-state index is 5.60.